The van der Waals surface area contributed by atoms with Gasteiger partial charge in [0.2, 0.25) is 0 Å². The van der Waals surface area contributed by atoms with Crippen molar-refractivity contribution >= 4 is 17.3 Å². The van der Waals surface area contributed by atoms with Gasteiger partial charge in [0.05, 0.1) is 6.10 Å². The molecule has 1 aromatic rings. The van der Waals surface area contributed by atoms with E-state index in [9.17, 15) is 9.90 Å². The van der Waals surface area contributed by atoms with Crippen LogP contribution in [0.2, 0.25) is 0 Å². The van der Waals surface area contributed by atoms with Gasteiger partial charge in [-0.1, -0.05) is 6.92 Å². The van der Waals surface area contributed by atoms with Crippen molar-refractivity contribution in [2.24, 2.45) is 11.3 Å². The van der Waals surface area contributed by atoms with Crippen molar-refractivity contribution in [3.05, 3.63) is 21.9 Å². The number of thiophene rings is 1. The van der Waals surface area contributed by atoms with Gasteiger partial charge < -0.3 is 9.84 Å². The van der Waals surface area contributed by atoms with E-state index in [1.807, 2.05) is 0 Å². The first-order chi connectivity index (χ1) is 9.15. The number of ether oxygens (including phenoxy) is 1. The molecule has 0 amide bonds. The Balaban J connectivity index is 1.85. The first-order valence-corrected chi connectivity index (χ1v) is 7.90. The van der Waals surface area contributed by atoms with Gasteiger partial charge in [0.15, 0.2) is 0 Å². The number of aryl methyl sites for hydroxylation is 1. The molecule has 1 saturated carbocycles. The third kappa shape index (κ3) is 2.32. The lowest BCUT2D eigenvalue weighted by molar-refractivity contribution is -0.153. The van der Waals surface area contributed by atoms with Crippen molar-refractivity contribution in [2.75, 3.05) is 6.61 Å². The number of carboxylic acid groups (broad SMARTS) is 1. The van der Waals surface area contributed by atoms with Gasteiger partial charge in [-0.15, -0.1) is 11.3 Å². The molecule has 1 aliphatic carbocycles. The topological polar surface area (TPSA) is 46.5 Å². The molecule has 3 rings (SSSR count). The van der Waals surface area contributed by atoms with Gasteiger partial charge >= 0.3 is 5.97 Å². The van der Waals surface area contributed by atoms with E-state index in [0.29, 0.717) is 25.4 Å². The molecule has 2 heterocycles. The summed E-state index contributed by atoms with van der Waals surface area (Å²) in [6.07, 6.45) is 4.50. The summed E-state index contributed by atoms with van der Waals surface area (Å²) < 4.78 is 5.78. The molecule has 2 aliphatic rings. The second-order valence-electron chi connectivity index (χ2n) is 5.74. The Bertz CT molecular complexity index is 477. The summed E-state index contributed by atoms with van der Waals surface area (Å²) in [5, 5.41) is 9.76. The maximum Gasteiger partial charge on any atom is 0.312 e. The van der Waals surface area contributed by atoms with E-state index in [2.05, 4.69) is 19.1 Å². The van der Waals surface area contributed by atoms with Gasteiger partial charge in [-0.2, -0.15) is 0 Å². The molecule has 1 aliphatic heterocycles. The van der Waals surface area contributed by atoms with E-state index in [4.69, 9.17) is 4.74 Å². The summed E-state index contributed by atoms with van der Waals surface area (Å²) >= 11 is 1.75. The average Bonchev–Trinajstić information content (AvgIpc) is 2.98. The van der Waals surface area contributed by atoms with Crippen LogP contribution in [-0.4, -0.2) is 23.8 Å². The quantitative estimate of drug-likeness (QED) is 0.901. The lowest BCUT2D eigenvalue weighted by Gasteiger charge is -2.29. The molecule has 0 spiro atoms. The Labute approximate surface area is 117 Å². The molecule has 0 radical (unpaired) electrons. The molecule has 0 aromatic carbocycles. The standard InChI is InChI=1S/C15H20O3S/c1-2-11-5-6-12(19-11)9-15(14(16)17)7-8-18-13(15)10-3-4-10/h5-6,10,13H,2-4,7-9H2,1H3,(H,16,17). The maximum atomic E-state index is 11.9. The molecule has 1 N–H and O–H groups in total. The molecule has 4 heteroatoms. The Morgan fingerprint density at radius 2 is 2.21 bits per heavy atom. The summed E-state index contributed by atoms with van der Waals surface area (Å²) in [6.45, 7) is 2.73. The fourth-order valence-electron chi connectivity index (χ4n) is 3.17. The number of carbonyl (C=O) groups is 1. The van der Waals surface area contributed by atoms with Crippen molar-refractivity contribution < 1.29 is 14.6 Å². The van der Waals surface area contributed by atoms with Crippen LogP contribution >= 0.6 is 11.3 Å². The first kappa shape index (κ1) is 13.1. The molecule has 2 unspecified atom stereocenters. The molecule has 1 saturated heterocycles. The van der Waals surface area contributed by atoms with Gasteiger partial charge in [0.1, 0.15) is 5.41 Å². The largest absolute Gasteiger partial charge is 0.481 e. The number of carboxylic acids is 1. The van der Waals surface area contributed by atoms with Crippen molar-refractivity contribution in [2.45, 2.75) is 45.1 Å². The second kappa shape index (κ2) is 4.91. The van der Waals surface area contributed by atoms with E-state index in [1.54, 1.807) is 11.3 Å². The van der Waals surface area contributed by atoms with Gasteiger partial charge in [0.25, 0.3) is 0 Å². The number of hydrogen-bond acceptors (Lipinski definition) is 3. The normalized spacial score (nSPS) is 30.7. The van der Waals surface area contributed by atoms with E-state index >= 15 is 0 Å². The fraction of sp³-hybridized carbons (Fsp3) is 0.667. The SMILES string of the molecule is CCc1ccc(CC2(C(=O)O)CCOC2C2CC2)s1. The third-order valence-electron chi connectivity index (χ3n) is 4.42. The minimum atomic E-state index is -0.684. The molecular weight excluding hydrogens is 260 g/mol. The summed E-state index contributed by atoms with van der Waals surface area (Å²) in [5.41, 5.74) is -0.684. The maximum absolute atomic E-state index is 11.9. The van der Waals surface area contributed by atoms with Crippen LogP contribution < -0.4 is 0 Å². The molecule has 3 nitrogen and oxygen atoms in total. The zero-order valence-electron chi connectivity index (χ0n) is 11.2. The van der Waals surface area contributed by atoms with Crippen LogP contribution in [0, 0.1) is 11.3 Å². The van der Waals surface area contributed by atoms with E-state index < -0.39 is 11.4 Å². The highest BCUT2D eigenvalue weighted by Crippen LogP contribution is 2.50. The minimum Gasteiger partial charge on any atom is -0.481 e. The molecule has 2 atom stereocenters. The van der Waals surface area contributed by atoms with Crippen LogP contribution in [-0.2, 0) is 22.4 Å². The van der Waals surface area contributed by atoms with Crippen LogP contribution in [0.25, 0.3) is 0 Å². The monoisotopic (exact) mass is 280 g/mol. The Morgan fingerprint density at radius 3 is 2.79 bits per heavy atom. The van der Waals surface area contributed by atoms with E-state index in [0.717, 1.165) is 19.3 Å². The molecule has 0 bridgehead atoms. The van der Waals surface area contributed by atoms with Gasteiger partial charge in [0, 0.05) is 22.8 Å². The number of aliphatic carboxylic acids is 1. The lowest BCUT2D eigenvalue weighted by Crippen LogP contribution is -2.42. The Kier molecular flexibility index (Phi) is 3.39. The predicted octanol–water partition coefficient (Wildman–Crippen LogP) is 3.12. The van der Waals surface area contributed by atoms with E-state index in [-0.39, 0.29) is 6.10 Å². The average molecular weight is 280 g/mol. The van der Waals surface area contributed by atoms with E-state index in [1.165, 1.54) is 9.75 Å². The van der Waals surface area contributed by atoms with Gasteiger partial charge in [-0.25, -0.2) is 0 Å². The summed E-state index contributed by atoms with van der Waals surface area (Å²) in [6, 6.07) is 4.22. The Hall–Kier alpha value is -0.870. The number of rotatable bonds is 5. The van der Waals surface area contributed by atoms with Crippen molar-refractivity contribution in [1.82, 2.24) is 0 Å². The molecule has 2 fully saturated rings. The lowest BCUT2D eigenvalue weighted by atomic mass is 9.75. The van der Waals surface area contributed by atoms with Crippen LogP contribution in [0.3, 0.4) is 0 Å². The van der Waals surface area contributed by atoms with Crippen molar-refractivity contribution in [1.29, 1.82) is 0 Å². The minimum absolute atomic E-state index is 0.0721. The zero-order chi connectivity index (χ0) is 13.5. The third-order valence-corrected chi connectivity index (χ3v) is 5.65. The smallest absolute Gasteiger partial charge is 0.312 e. The second-order valence-corrected chi connectivity index (χ2v) is 6.99. The molecule has 104 valence electrons. The van der Waals surface area contributed by atoms with Crippen molar-refractivity contribution in [3.63, 3.8) is 0 Å². The first-order valence-electron chi connectivity index (χ1n) is 7.08. The van der Waals surface area contributed by atoms with Crippen LogP contribution in [0.1, 0.15) is 35.9 Å². The summed E-state index contributed by atoms with van der Waals surface area (Å²) in [5.74, 6) is -0.197. The van der Waals surface area contributed by atoms with Crippen LogP contribution in [0.4, 0.5) is 0 Å². The number of hydrogen-bond donors (Lipinski definition) is 1. The molecule has 19 heavy (non-hydrogen) atoms. The predicted molar refractivity (Wildman–Crippen MR) is 74.6 cm³/mol. The summed E-state index contributed by atoms with van der Waals surface area (Å²) in [4.78, 5) is 14.4. The summed E-state index contributed by atoms with van der Waals surface area (Å²) in [7, 11) is 0. The van der Waals surface area contributed by atoms with Crippen molar-refractivity contribution in [3.8, 4) is 0 Å². The van der Waals surface area contributed by atoms with Crippen LogP contribution in [0.5, 0.6) is 0 Å². The molecule has 1 aromatic heterocycles. The fourth-order valence-corrected chi connectivity index (χ4v) is 4.25. The molecular formula is C15H20O3S. The highest BCUT2D eigenvalue weighted by Gasteiger charge is 2.55. The van der Waals surface area contributed by atoms with Gasteiger partial charge in [-0.05, 0) is 43.7 Å². The van der Waals surface area contributed by atoms with Crippen LogP contribution in [0.15, 0.2) is 12.1 Å². The van der Waals surface area contributed by atoms with Gasteiger partial charge in [-0.3, -0.25) is 4.79 Å². The zero-order valence-corrected chi connectivity index (χ0v) is 12.0. The highest BCUT2D eigenvalue weighted by atomic mass is 32.1. The Morgan fingerprint density at radius 1 is 1.47 bits per heavy atom. The highest BCUT2D eigenvalue weighted by molar-refractivity contribution is 7.12.